The van der Waals surface area contributed by atoms with Crippen LogP contribution in [0.2, 0.25) is 0 Å². The highest BCUT2D eigenvalue weighted by molar-refractivity contribution is 7.83. The predicted octanol–water partition coefficient (Wildman–Crippen LogP) is 5.57. The zero-order valence-electron chi connectivity index (χ0n) is 27.7. The molecule has 0 saturated heterocycles. The summed E-state index contributed by atoms with van der Waals surface area (Å²) in [5.41, 5.74) is 4.97. The number of hydrogen-bond donors (Lipinski definition) is 0. The van der Waals surface area contributed by atoms with E-state index >= 15 is 0 Å². The summed E-state index contributed by atoms with van der Waals surface area (Å²) < 4.78 is 44.2. The summed E-state index contributed by atoms with van der Waals surface area (Å²) in [6.07, 6.45) is 0. The summed E-state index contributed by atoms with van der Waals surface area (Å²) in [7, 11) is -4.75. The summed E-state index contributed by atoms with van der Waals surface area (Å²) in [6, 6.07) is 37.7. The van der Waals surface area contributed by atoms with Gasteiger partial charge in [0.15, 0.2) is 23.3 Å². The van der Waals surface area contributed by atoms with Crippen LogP contribution in [0.4, 0.5) is 11.6 Å². The Morgan fingerprint density at radius 1 is 0.491 bits per heavy atom. The average molecular weight is 727 g/mol. The Morgan fingerprint density at radius 3 is 1.38 bits per heavy atom. The fourth-order valence-corrected chi connectivity index (χ4v) is 11.2. The molecule has 0 radical (unpaired) electrons. The molecule has 4 aliphatic heterocycles. The predicted molar refractivity (Wildman–Crippen MR) is 203 cm³/mol. The summed E-state index contributed by atoms with van der Waals surface area (Å²) in [6.45, 7) is 1.91. The van der Waals surface area contributed by atoms with E-state index in [0.29, 0.717) is 46.0 Å². The first-order valence-corrected chi connectivity index (χ1v) is 19.7. The SMILES string of the molecule is Cc1ccc(OS(=O)(=O)[O][Al]2[n]3c4c5ccccc5c3N=C3N=C(N=c5c6ccccc6c([n]52)=NC2=NC(=N4)c4ccccc42)c2ccccc23)cc1. The second kappa shape index (κ2) is 11.1. The first-order valence-electron chi connectivity index (χ1n) is 16.8. The quantitative estimate of drug-likeness (QED) is 0.219. The molecule has 0 saturated carbocycles. The highest BCUT2D eigenvalue weighted by atomic mass is 32.3. The topological polar surface area (TPSA) is 137 Å². The van der Waals surface area contributed by atoms with Crippen LogP contribution in [-0.2, 0) is 13.6 Å². The van der Waals surface area contributed by atoms with E-state index in [-0.39, 0.29) is 5.75 Å². The third-order valence-corrected chi connectivity index (χ3v) is 13.6. The fourth-order valence-electron chi connectivity index (χ4n) is 7.31. The number of amidine groups is 4. The van der Waals surface area contributed by atoms with Crippen molar-refractivity contribution in [3.05, 3.63) is 160 Å². The Labute approximate surface area is 306 Å². The van der Waals surface area contributed by atoms with Crippen LogP contribution in [0.5, 0.6) is 5.75 Å². The van der Waals surface area contributed by atoms with E-state index in [1.54, 1.807) is 31.4 Å². The second-order valence-electron chi connectivity index (χ2n) is 12.9. The van der Waals surface area contributed by atoms with Crippen molar-refractivity contribution in [2.75, 3.05) is 0 Å². The Balaban J connectivity index is 1.34. The Morgan fingerprint density at radius 2 is 0.906 bits per heavy atom. The minimum atomic E-state index is -4.75. The minimum Gasteiger partial charge on any atom is -0.363 e. The van der Waals surface area contributed by atoms with Gasteiger partial charge in [-0.1, -0.05) is 115 Å². The molecule has 4 aliphatic rings. The molecule has 14 heteroatoms. The van der Waals surface area contributed by atoms with E-state index in [9.17, 15) is 8.42 Å². The number of aromatic nitrogens is 2. The van der Waals surface area contributed by atoms with Gasteiger partial charge in [-0.2, -0.15) is 8.42 Å². The smallest absolute Gasteiger partial charge is 0.363 e. The molecule has 7 aromatic rings. The van der Waals surface area contributed by atoms with E-state index in [2.05, 4.69) is 0 Å². The molecular formula is C39H23AlN8O4S. The normalized spacial score (nSPS) is 15.1. The molecule has 0 amide bonds. The number of rotatable bonds is 4. The van der Waals surface area contributed by atoms with Crippen LogP contribution < -0.4 is 15.2 Å². The molecule has 0 fully saturated rings. The lowest BCUT2D eigenvalue weighted by Crippen LogP contribution is -2.50. The summed E-state index contributed by atoms with van der Waals surface area (Å²) in [5, 5.41) is 2.90. The van der Waals surface area contributed by atoms with Crippen molar-refractivity contribution < 1.29 is 15.8 Å². The monoisotopic (exact) mass is 726 g/mol. The summed E-state index contributed by atoms with van der Waals surface area (Å²) >= 11 is -3.70. The van der Waals surface area contributed by atoms with Gasteiger partial charge in [0.2, 0.25) is 0 Å². The van der Waals surface area contributed by atoms with E-state index in [4.69, 9.17) is 37.4 Å². The van der Waals surface area contributed by atoms with Gasteiger partial charge in [0.1, 0.15) is 28.4 Å². The highest BCUT2D eigenvalue weighted by Crippen LogP contribution is 2.41. The first-order chi connectivity index (χ1) is 25.9. The number of aryl methyl sites for hydroxylation is 1. The lowest BCUT2D eigenvalue weighted by Gasteiger charge is -2.19. The third-order valence-electron chi connectivity index (χ3n) is 9.68. The standard InChI is InChI=1S/C32H16N8.C7H8O4S.Al/c1-2-10-18-17(9-1)25-33-26(18)38-28-21-13-5-6-14-22(21)30(35-28)40-32-24-16-8-7-15-23(24)31(36-32)39-29-20-12-4-3-11-19(20)27(34-29)37-25;1-6-2-4-7(5-3-6)11-12(8,9)10;/h1-16H;2-5H,1H3,(H,8,9,10);/q-2;;+3/p-1. The van der Waals surface area contributed by atoms with Crippen molar-refractivity contribution in [3.8, 4) is 5.75 Å². The lowest BCUT2D eigenvalue weighted by atomic mass is 10.1. The summed E-state index contributed by atoms with van der Waals surface area (Å²) in [4.78, 5) is 30.8. The van der Waals surface area contributed by atoms with Gasteiger partial charge in [0.05, 0.1) is 0 Å². The lowest BCUT2D eigenvalue weighted by molar-refractivity contribution is 0.387. The van der Waals surface area contributed by atoms with Gasteiger partial charge in [0, 0.05) is 43.8 Å². The van der Waals surface area contributed by atoms with Crippen molar-refractivity contribution >= 4 is 81.8 Å². The second-order valence-corrected chi connectivity index (χ2v) is 16.3. The van der Waals surface area contributed by atoms with Crippen molar-refractivity contribution in [2.24, 2.45) is 30.0 Å². The zero-order chi connectivity index (χ0) is 35.4. The van der Waals surface area contributed by atoms with E-state index in [1.807, 2.05) is 104 Å². The minimum absolute atomic E-state index is 0.113. The zero-order valence-corrected chi connectivity index (χ0v) is 29.7. The molecule has 5 aromatic carbocycles. The maximum Gasteiger partial charge on any atom is 0.827 e. The Hall–Kier alpha value is -6.30. The third kappa shape index (κ3) is 4.60. The first kappa shape index (κ1) is 30.3. The van der Waals surface area contributed by atoms with Gasteiger partial charge in [-0.3, -0.25) is 0 Å². The number of aliphatic imine (C=N–C) groups is 4. The van der Waals surface area contributed by atoms with Crippen LogP contribution in [-0.4, -0.2) is 53.8 Å². The molecule has 53 heavy (non-hydrogen) atoms. The van der Waals surface area contributed by atoms with E-state index < -0.39 is 25.3 Å². The number of fused-ring (bicyclic) bond motifs is 14. The van der Waals surface area contributed by atoms with Gasteiger partial charge >= 0.3 is 25.3 Å². The number of hydrogen-bond acceptors (Lipinski definition) is 10. The van der Waals surface area contributed by atoms with Crippen molar-refractivity contribution in [1.29, 1.82) is 0 Å². The molecular weight excluding hydrogens is 704 g/mol. The van der Waals surface area contributed by atoms with Gasteiger partial charge in [0.25, 0.3) is 0 Å². The van der Waals surface area contributed by atoms with Gasteiger partial charge in [-0.25, -0.2) is 30.0 Å². The number of benzene rings is 5. The molecule has 0 unspecified atom stereocenters. The molecule has 11 rings (SSSR count). The average Bonchev–Trinajstić information content (AvgIpc) is 3.88. The number of nitrogens with zero attached hydrogens (tertiary/aromatic N) is 8. The van der Waals surface area contributed by atoms with Crippen molar-refractivity contribution in [3.63, 3.8) is 0 Å². The molecule has 0 N–H and O–H groups in total. The molecule has 0 aliphatic carbocycles. The summed E-state index contributed by atoms with van der Waals surface area (Å²) in [5.74, 6) is 2.69. The molecule has 2 aromatic heterocycles. The van der Waals surface area contributed by atoms with Crippen LogP contribution in [0.15, 0.2) is 151 Å². The highest BCUT2D eigenvalue weighted by Gasteiger charge is 2.46. The van der Waals surface area contributed by atoms with Crippen LogP contribution in [0.1, 0.15) is 27.8 Å². The maximum atomic E-state index is 14.3. The van der Waals surface area contributed by atoms with Gasteiger partial charge in [-0.05, 0) is 19.1 Å². The van der Waals surface area contributed by atoms with Crippen LogP contribution in [0.25, 0.3) is 21.5 Å². The fraction of sp³-hybridized carbons (Fsp3) is 0.0256. The van der Waals surface area contributed by atoms with E-state index in [0.717, 1.165) is 49.4 Å². The molecule has 6 bridgehead atoms. The Bertz CT molecular complexity index is 3000. The molecule has 12 nitrogen and oxygen atoms in total. The molecule has 252 valence electrons. The van der Waals surface area contributed by atoms with Crippen molar-refractivity contribution in [1.82, 2.24) is 7.10 Å². The van der Waals surface area contributed by atoms with Crippen LogP contribution >= 0.6 is 0 Å². The maximum absolute atomic E-state index is 14.3. The van der Waals surface area contributed by atoms with Crippen molar-refractivity contribution in [2.45, 2.75) is 6.92 Å². The Kier molecular flexibility index (Phi) is 6.35. The largest absolute Gasteiger partial charge is 0.827 e. The van der Waals surface area contributed by atoms with Gasteiger partial charge in [-0.15, -0.1) is 0 Å². The van der Waals surface area contributed by atoms with Crippen LogP contribution in [0, 0.1) is 6.92 Å². The van der Waals surface area contributed by atoms with Gasteiger partial charge < -0.3 is 14.5 Å². The van der Waals surface area contributed by atoms with Crippen LogP contribution in [0.3, 0.4) is 0 Å². The molecule has 6 heterocycles. The molecule has 0 spiro atoms. The van der Waals surface area contributed by atoms with E-state index in [1.165, 1.54) is 0 Å². The molecule has 0 atom stereocenters.